The molecule has 0 aromatic carbocycles. The van der Waals surface area contributed by atoms with Crippen molar-refractivity contribution in [2.24, 2.45) is 7.05 Å². The van der Waals surface area contributed by atoms with Crippen LogP contribution in [0.4, 0.5) is 0 Å². The Balaban J connectivity index is 2.58. The molecule has 23 heavy (non-hydrogen) atoms. The molecule has 2 aromatic heterocycles. The number of aromatic amines is 1. The summed E-state index contributed by atoms with van der Waals surface area (Å²) < 4.78 is 2.91. The molecule has 0 atom stereocenters. The first kappa shape index (κ1) is 16.3. The van der Waals surface area contributed by atoms with Crippen molar-refractivity contribution < 1.29 is 4.79 Å². The van der Waals surface area contributed by atoms with Gasteiger partial charge in [0.2, 0.25) is 5.91 Å². The maximum absolute atomic E-state index is 12.1. The lowest BCUT2D eigenvalue weighted by Gasteiger charge is -2.02. The molecular weight excluding hydrogens is 298 g/mol. The molecule has 0 radical (unpaired) electrons. The van der Waals surface area contributed by atoms with Gasteiger partial charge in [0.15, 0.2) is 11.2 Å². The summed E-state index contributed by atoms with van der Waals surface area (Å²) in [6, 6.07) is 0. The van der Waals surface area contributed by atoms with Gasteiger partial charge in [-0.3, -0.25) is 19.1 Å². The first-order valence-electron chi connectivity index (χ1n) is 6.95. The second kappa shape index (κ2) is 6.79. The molecule has 0 aliphatic heterocycles. The summed E-state index contributed by atoms with van der Waals surface area (Å²) in [7, 11) is 1.54. The number of fused-ring (bicyclic) bond motifs is 1. The maximum Gasteiger partial charge on any atom is 0.329 e. The molecule has 0 aliphatic carbocycles. The monoisotopic (exact) mass is 315 g/mol. The van der Waals surface area contributed by atoms with Crippen molar-refractivity contribution >= 4 is 23.1 Å². The van der Waals surface area contributed by atoms with Crippen molar-refractivity contribution in [2.45, 2.75) is 20.4 Å². The molecule has 1 amide bonds. The van der Waals surface area contributed by atoms with Crippen molar-refractivity contribution in [1.29, 1.82) is 0 Å². The number of hydrogen-bond acceptors (Lipinski definition) is 4. The minimum absolute atomic E-state index is 0.140. The van der Waals surface area contributed by atoms with Gasteiger partial charge in [0, 0.05) is 20.5 Å². The topological polar surface area (TPSA) is 102 Å². The summed E-state index contributed by atoms with van der Waals surface area (Å²) in [4.78, 5) is 41.3. The molecule has 0 aliphatic rings. The van der Waals surface area contributed by atoms with Gasteiger partial charge in [-0.2, -0.15) is 0 Å². The Morgan fingerprint density at radius 1 is 1.43 bits per heavy atom. The predicted molar refractivity (Wildman–Crippen MR) is 86.8 cm³/mol. The fraction of sp³-hybridized carbons (Fsp3) is 0.333. The van der Waals surface area contributed by atoms with Crippen molar-refractivity contribution in [3.05, 3.63) is 32.7 Å². The first-order chi connectivity index (χ1) is 11.0. The summed E-state index contributed by atoms with van der Waals surface area (Å²) in [5, 5.41) is 2.63. The predicted octanol–water partition coefficient (Wildman–Crippen LogP) is -0.404. The number of hydrogen-bond donors (Lipinski definition) is 2. The third kappa shape index (κ3) is 3.40. The molecule has 8 heteroatoms. The minimum atomic E-state index is -0.525. The molecule has 2 heterocycles. The van der Waals surface area contributed by atoms with E-state index in [2.05, 4.69) is 27.1 Å². The van der Waals surface area contributed by atoms with Crippen LogP contribution in [0.15, 0.2) is 15.7 Å². The Hall–Kier alpha value is -3.08. The summed E-state index contributed by atoms with van der Waals surface area (Å²) in [6.07, 6.45) is 3.39. The zero-order valence-electron chi connectivity index (χ0n) is 13.1. The van der Waals surface area contributed by atoms with Crippen LogP contribution in [0, 0.1) is 11.8 Å². The molecule has 2 rings (SSSR count). The average Bonchev–Trinajstić information content (AvgIpc) is 2.86. The average molecular weight is 315 g/mol. The quantitative estimate of drug-likeness (QED) is 0.749. The van der Waals surface area contributed by atoms with E-state index in [-0.39, 0.29) is 23.6 Å². The number of carbonyl (C=O) groups is 1. The molecule has 0 saturated carbocycles. The van der Waals surface area contributed by atoms with E-state index in [4.69, 9.17) is 0 Å². The summed E-state index contributed by atoms with van der Waals surface area (Å²) in [6.45, 7) is 3.74. The number of aryl methyl sites for hydroxylation is 1. The van der Waals surface area contributed by atoms with Gasteiger partial charge >= 0.3 is 5.69 Å². The molecule has 0 fully saturated rings. The van der Waals surface area contributed by atoms with Crippen molar-refractivity contribution in [1.82, 2.24) is 24.4 Å². The first-order valence-corrected chi connectivity index (χ1v) is 6.95. The van der Waals surface area contributed by atoms with Gasteiger partial charge in [-0.1, -0.05) is 12.0 Å². The van der Waals surface area contributed by atoms with Gasteiger partial charge in [0.25, 0.3) is 5.56 Å². The van der Waals surface area contributed by atoms with Crippen LogP contribution in [0.2, 0.25) is 0 Å². The van der Waals surface area contributed by atoms with Crippen LogP contribution in [-0.2, 0) is 18.4 Å². The largest absolute Gasteiger partial charge is 0.353 e. The van der Waals surface area contributed by atoms with Crippen LogP contribution < -0.4 is 16.6 Å². The highest BCUT2D eigenvalue weighted by Crippen LogP contribution is 2.11. The molecular formula is C15H17N5O3. The number of carbonyl (C=O) groups excluding carboxylic acids is 1. The van der Waals surface area contributed by atoms with E-state index in [1.807, 2.05) is 0 Å². The highest BCUT2D eigenvalue weighted by molar-refractivity contribution is 5.74. The van der Waals surface area contributed by atoms with Crippen LogP contribution in [0.5, 0.6) is 0 Å². The number of amides is 1. The Morgan fingerprint density at radius 2 is 2.17 bits per heavy atom. The zero-order chi connectivity index (χ0) is 17.0. The van der Waals surface area contributed by atoms with Gasteiger partial charge in [-0.25, -0.2) is 9.78 Å². The van der Waals surface area contributed by atoms with Crippen molar-refractivity contribution in [2.75, 3.05) is 6.54 Å². The van der Waals surface area contributed by atoms with Crippen LogP contribution in [0.25, 0.3) is 17.2 Å². The summed E-state index contributed by atoms with van der Waals surface area (Å²) in [5.41, 5.74) is -0.456. The fourth-order valence-electron chi connectivity index (χ4n) is 2.06. The Labute approximate surface area is 131 Å². The van der Waals surface area contributed by atoms with Gasteiger partial charge in [-0.05, 0) is 13.0 Å². The lowest BCUT2D eigenvalue weighted by molar-refractivity contribution is -0.118. The number of nitrogens with one attached hydrogen (secondary N) is 2. The van der Waals surface area contributed by atoms with Crippen LogP contribution in [0.3, 0.4) is 0 Å². The van der Waals surface area contributed by atoms with Gasteiger partial charge in [-0.15, -0.1) is 5.92 Å². The number of imidazole rings is 1. The highest BCUT2D eigenvalue weighted by Gasteiger charge is 2.15. The van der Waals surface area contributed by atoms with E-state index >= 15 is 0 Å². The molecule has 120 valence electrons. The van der Waals surface area contributed by atoms with E-state index < -0.39 is 11.2 Å². The summed E-state index contributed by atoms with van der Waals surface area (Å²) in [5.74, 6) is 5.99. The molecule has 0 unspecified atom stereocenters. The molecule has 0 bridgehead atoms. The third-order valence-electron chi connectivity index (χ3n) is 3.19. The molecule has 0 saturated heterocycles. The standard InChI is InChI=1S/C15H17N5O3/c1-4-5-9-20-11(7-6-8-16-10(2)21)17-13-12(20)14(22)18-15(23)19(13)3/h6-7H,8-9H2,1-3H3,(H,16,21)(H,18,22,23). The number of nitrogens with zero attached hydrogens (tertiary/aromatic N) is 3. The lowest BCUT2D eigenvalue weighted by Crippen LogP contribution is -2.29. The number of H-pyrrole nitrogens is 1. The Bertz CT molecular complexity index is 950. The molecule has 8 nitrogen and oxygen atoms in total. The molecule has 2 aromatic rings. The minimum Gasteiger partial charge on any atom is -0.353 e. The fourth-order valence-corrected chi connectivity index (χ4v) is 2.06. The van der Waals surface area contributed by atoms with Crippen molar-refractivity contribution in [3.63, 3.8) is 0 Å². The van der Waals surface area contributed by atoms with Gasteiger partial charge < -0.3 is 9.88 Å². The van der Waals surface area contributed by atoms with Crippen LogP contribution in [0.1, 0.15) is 19.7 Å². The van der Waals surface area contributed by atoms with Gasteiger partial charge in [0.1, 0.15) is 5.82 Å². The SMILES string of the molecule is CC#CCn1c(C=CCNC(C)=O)nc2c1c(=O)[nH]c(=O)n2C. The number of rotatable bonds is 4. The molecule has 0 spiro atoms. The third-order valence-corrected chi connectivity index (χ3v) is 3.19. The van der Waals surface area contributed by atoms with Crippen LogP contribution in [-0.4, -0.2) is 31.6 Å². The lowest BCUT2D eigenvalue weighted by atomic mass is 10.4. The van der Waals surface area contributed by atoms with Crippen LogP contribution >= 0.6 is 0 Å². The van der Waals surface area contributed by atoms with E-state index in [9.17, 15) is 14.4 Å². The molecule has 2 N–H and O–H groups in total. The smallest absolute Gasteiger partial charge is 0.329 e. The Morgan fingerprint density at radius 3 is 2.83 bits per heavy atom. The second-order valence-corrected chi connectivity index (χ2v) is 4.81. The van der Waals surface area contributed by atoms with E-state index in [0.717, 1.165) is 0 Å². The Kier molecular flexibility index (Phi) is 4.81. The van der Waals surface area contributed by atoms with Crippen molar-refractivity contribution in [3.8, 4) is 11.8 Å². The zero-order valence-corrected chi connectivity index (χ0v) is 13.1. The number of aromatic nitrogens is 4. The second-order valence-electron chi connectivity index (χ2n) is 4.81. The van der Waals surface area contributed by atoms with E-state index in [1.54, 1.807) is 23.6 Å². The maximum atomic E-state index is 12.1. The van der Waals surface area contributed by atoms with Gasteiger partial charge in [0.05, 0.1) is 6.54 Å². The highest BCUT2D eigenvalue weighted by atomic mass is 16.2. The van der Waals surface area contributed by atoms with E-state index in [0.29, 0.717) is 12.4 Å². The van der Waals surface area contributed by atoms with E-state index in [1.165, 1.54) is 18.5 Å². The summed E-state index contributed by atoms with van der Waals surface area (Å²) >= 11 is 0. The normalized spacial score (nSPS) is 10.7.